The molecule has 1 heterocycles. The molecule has 0 fully saturated rings. The summed E-state index contributed by atoms with van der Waals surface area (Å²) in [6.07, 6.45) is 0. The van der Waals surface area contributed by atoms with Gasteiger partial charge in [0.05, 0.1) is 17.0 Å². The molecule has 0 radical (unpaired) electrons. The SMILES string of the molecule is CN(C(C)(C)CO)S(=O)(=O)c1csc(C(=O)O)c1. The molecule has 0 saturated carbocycles. The van der Waals surface area contributed by atoms with E-state index in [1.807, 2.05) is 0 Å². The molecule has 102 valence electrons. The van der Waals surface area contributed by atoms with Crippen molar-refractivity contribution in [1.82, 2.24) is 4.31 Å². The van der Waals surface area contributed by atoms with Crippen LogP contribution in [0.1, 0.15) is 23.5 Å². The Morgan fingerprint density at radius 3 is 2.44 bits per heavy atom. The minimum absolute atomic E-state index is 0.0382. The van der Waals surface area contributed by atoms with Gasteiger partial charge >= 0.3 is 5.97 Å². The lowest BCUT2D eigenvalue weighted by Crippen LogP contribution is -2.47. The average Bonchev–Trinajstić information content (AvgIpc) is 2.77. The lowest BCUT2D eigenvalue weighted by atomic mass is 10.1. The molecule has 0 aromatic carbocycles. The predicted molar refractivity (Wildman–Crippen MR) is 67.4 cm³/mol. The molecule has 1 aromatic rings. The Bertz CT molecular complexity index is 546. The Labute approximate surface area is 110 Å². The smallest absolute Gasteiger partial charge is 0.345 e. The number of carboxylic acids is 1. The Balaban J connectivity index is 3.17. The van der Waals surface area contributed by atoms with E-state index in [-0.39, 0.29) is 16.4 Å². The summed E-state index contributed by atoms with van der Waals surface area (Å²) in [5.74, 6) is -1.16. The van der Waals surface area contributed by atoms with Crippen LogP contribution in [0.25, 0.3) is 0 Å². The van der Waals surface area contributed by atoms with Gasteiger partial charge in [-0.15, -0.1) is 11.3 Å². The van der Waals surface area contributed by atoms with Crippen molar-refractivity contribution in [2.24, 2.45) is 0 Å². The standard InChI is InChI=1S/C10H15NO5S2/c1-10(2,6-12)11(3)18(15,16)7-4-8(9(13)14)17-5-7/h4-5,12H,6H2,1-3H3,(H,13,14). The quantitative estimate of drug-likeness (QED) is 0.838. The molecule has 0 saturated heterocycles. The minimum atomic E-state index is -3.80. The number of hydrogen-bond donors (Lipinski definition) is 2. The fraction of sp³-hybridized carbons (Fsp3) is 0.500. The zero-order valence-corrected chi connectivity index (χ0v) is 11.9. The van der Waals surface area contributed by atoms with E-state index in [1.54, 1.807) is 13.8 Å². The molecule has 1 aromatic heterocycles. The second-order valence-corrected chi connectivity index (χ2v) is 7.28. The van der Waals surface area contributed by atoms with Gasteiger partial charge in [0.1, 0.15) is 4.88 Å². The number of carboxylic acid groups (broad SMARTS) is 1. The van der Waals surface area contributed by atoms with Crippen molar-refractivity contribution in [1.29, 1.82) is 0 Å². The molecular formula is C10H15NO5S2. The lowest BCUT2D eigenvalue weighted by Gasteiger charge is -2.32. The van der Waals surface area contributed by atoms with Gasteiger partial charge in [0, 0.05) is 12.4 Å². The third kappa shape index (κ3) is 2.72. The second kappa shape index (κ2) is 4.96. The van der Waals surface area contributed by atoms with Gasteiger partial charge in [0.25, 0.3) is 0 Å². The molecule has 0 atom stereocenters. The van der Waals surface area contributed by atoms with E-state index in [1.165, 1.54) is 12.4 Å². The number of carbonyl (C=O) groups is 1. The number of likely N-dealkylation sites (N-methyl/N-ethyl adjacent to an activating group) is 1. The van der Waals surface area contributed by atoms with Gasteiger partial charge in [-0.3, -0.25) is 0 Å². The molecule has 18 heavy (non-hydrogen) atoms. The Kier molecular flexibility index (Phi) is 4.16. The van der Waals surface area contributed by atoms with E-state index < -0.39 is 21.5 Å². The molecule has 0 aliphatic heterocycles. The summed E-state index contributed by atoms with van der Waals surface area (Å²) in [4.78, 5) is 10.6. The molecule has 8 heteroatoms. The summed E-state index contributed by atoms with van der Waals surface area (Å²) < 4.78 is 25.4. The van der Waals surface area contributed by atoms with Crippen LogP contribution >= 0.6 is 11.3 Å². The van der Waals surface area contributed by atoms with Crippen LogP contribution in [0.5, 0.6) is 0 Å². The van der Waals surface area contributed by atoms with Crippen LogP contribution in [-0.4, -0.2) is 48.1 Å². The van der Waals surface area contributed by atoms with Crippen molar-refractivity contribution in [2.45, 2.75) is 24.3 Å². The molecule has 0 unspecified atom stereocenters. The molecular weight excluding hydrogens is 278 g/mol. The van der Waals surface area contributed by atoms with Gasteiger partial charge in [-0.1, -0.05) is 0 Å². The molecule has 0 spiro atoms. The number of thiophene rings is 1. The van der Waals surface area contributed by atoms with Crippen LogP contribution < -0.4 is 0 Å². The summed E-state index contributed by atoms with van der Waals surface area (Å²) >= 11 is 0.852. The number of nitrogens with zero attached hydrogens (tertiary/aromatic N) is 1. The fourth-order valence-electron chi connectivity index (χ4n) is 1.15. The summed E-state index contributed by atoms with van der Waals surface area (Å²) in [6, 6.07) is 1.12. The van der Waals surface area contributed by atoms with Crippen LogP contribution in [0.3, 0.4) is 0 Å². The molecule has 0 bridgehead atoms. The maximum absolute atomic E-state index is 12.2. The van der Waals surface area contributed by atoms with E-state index >= 15 is 0 Å². The molecule has 2 N–H and O–H groups in total. The van der Waals surface area contributed by atoms with Crippen LogP contribution in [-0.2, 0) is 10.0 Å². The number of hydrogen-bond acceptors (Lipinski definition) is 5. The average molecular weight is 293 g/mol. The van der Waals surface area contributed by atoms with E-state index in [9.17, 15) is 18.3 Å². The first-order valence-electron chi connectivity index (χ1n) is 5.04. The van der Waals surface area contributed by atoms with Crippen molar-refractivity contribution in [3.63, 3.8) is 0 Å². The highest BCUT2D eigenvalue weighted by molar-refractivity contribution is 7.89. The van der Waals surface area contributed by atoms with Gasteiger partial charge in [-0.2, -0.15) is 4.31 Å². The van der Waals surface area contributed by atoms with Crippen molar-refractivity contribution >= 4 is 27.3 Å². The largest absolute Gasteiger partial charge is 0.477 e. The Morgan fingerprint density at radius 1 is 1.50 bits per heavy atom. The molecule has 1 rings (SSSR count). The Morgan fingerprint density at radius 2 is 2.06 bits per heavy atom. The van der Waals surface area contributed by atoms with Crippen molar-refractivity contribution in [2.75, 3.05) is 13.7 Å². The molecule has 6 nitrogen and oxygen atoms in total. The van der Waals surface area contributed by atoms with Crippen LogP contribution in [0.2, 0.25) is 0 Å². The van der Waals surface area contributed by atoms with E-state index in [0.29, 0.717) is 0 Å². The van der Waals surface area contributed by atoms with E-state index in [2.05, 4.69) is 0 Å². The highest BCUT2D eigenvalue weighted by atomic mass is 32.2. The topological polar surface area (TPSA) is 94.9 Å². The maximum Gasteiger partial charge on any atom is 0.345 e. The first-order valence-corrected chi connectivity index (χ1v) is 7.36. The molecule has 0 aliphatic rings. The first-order chi connectivity index (χ1) is 8.13. The monoisotopic (exact) mass is 293 g/mol. The highest BCUT2D eigenvalue weighted by Crippen LogP contribution is 2.26. The van der Waals surface area contributed by atoms with Gasteiger partial charge in [-0.25, -0.2) is 13.2 Å². The van der Waals surface area contributed by atoms with Gasteiger partial charge in [0.15, 0.2) is 0 Å². The third-order valence-electron chi connectivity index (χ3n) is 2.68. The van der Waals surface area contributed by atoms with Crippen molar-refractivity contribution in [3.8, 4) is 0 Å². The summed E-state index contributed by atoms with van der Waals surface area (Å²) in [5, 5.41) is 19.2. The van der Waals surface area contributed by atoms with Gasteiger partial charge in [0.2, 0.25) is 10.0 Å². The van der Waals surface area contributed by atoms with E-state index in [0.717, 1.165) is 21.7 Å². The number of rotatable bonds is 5. The Hall–Kier alpha value is -0.960. The van der Waals surface area contributed by atoms with E-state index in [4.69, 9.17) is 5.11 Å². The maximum atomic E-state index is 12.2. The second-order valence-electron chi connectivity index (χ2n) is 4.39. The van der Waals surface area contributed by atoms with Crippen molar-refractivity contribution < 1.29 is 23.4 Å². The summed E-state index contributed by atoms with van der Waals surface area (Å²) in [6.45, 7) is 2.82. The number of aromatic carboxylic acids is 1. The normalized spacial score (nSPS) is 12.9. The van der Waals surface area contributed by atoms with Crippen LogP contribution in [0, 0.1) is 0 Å². The predicted octanol–water partition coefficient (Wildman–Crippen LogP) is 0.838. The van der Waals surface area contributed by atoms with Crippen LogP contribution in [0.4, 0.5) is 0 Å². The fourth-order valence-corrected chi connectivity index (χ4v) is 3.75. The zero-order chi connectivity index (χ0) is 14.1. The van der Waals surface area contributed by atoms with Crippen LogP contribution in [0.15, 0.2) is 16.3 Å². The number of aliphatic hydroxyl groups is 1. The van der Waals surface area contributed by atoms with Gasteiger partial charge < -0.3 is 10.2 Å². The molecule has 0 amide bonds. The highest BCUT2D eigenvalue weighted by Gasteiger charge is 2.34. The first kappa shape index (κ1) is 15.1. The zero-order valence-electron chi connectivity index (χ0n) is 10.2. The molecule has 0 aliphatic carbocycles. The van der Waals surface area contributed by atoms with Gasteiger partial charge in [-0.05, 0) is 19.9 Å². The van der Waals surface area contributed by atoms with Crippen molar-refractivity contribution in [3.05, 3.63) is 16.3 Å². The summed E-state index contributed by atoms with van der Waals surface area (Å²) in [7, 11) is -2.45. The number of aliphatic hydroxyl groups excluding tert-OH is 1. The minimum Gasteiger partial charge on any atom is -0.477 e. The third-order valence-corrected chi connectivity index (χ3v) is 5.80. The lowest BCUT2D eigenvalue weighted by molar-refractivity contribution is 0.0702. The summed E-state index contributed by atoms with van der Waals surface area (Å²) in [5.41, 5.74) is -0.954. The number of sulfonamides is 1.